The summed E-state index contributed by atoms with van der Waals surface area (Å²) in [6.07, 6.45) is 2.24. The van der Waals surface area contributed by atoms with Crippen molar-refractivity contribution >= 4 is 22.9 Å². The Labute approximate surface area is 118 Å². The fourth-order valence-electron chi connectivity index (χ4n) is 2.73. The maximum atomic E-state index is 12.4. The van der Waals surface area contributed by atoms with E-state index in [0.717, 1.165) is 49.5 Å². The molecular weight excluding hydrogens is 252 g/mol. The molecule has 1 saturated heterocycles. The lowest BCUT2D eigenvalue weighted by molar-refractivity contribution is -0.130. The van der Waals surface area contributed by atoms with Crippen LogP contribution in [0.5, 0.6) is 0 Å². The third kappa shape index (κ3) is 2.35. The van der Waals surface area contributed by atoms with Crippen LogP contribution in [0, 0.1) is 0 Å². The van der Waals surface area contributed by atoms with Gasteiger partial charge in [0.25, 0.3) is 0 Å². The van der Waals surface area contributed by atoms with Gasteiger partial charge in [0.2, 0.25) is 11.9 Å². The number of fused-ring (bicyclic) bond motifs is 1. The third-order valence-corrected chi connectivity index (χ3v) is 3.74. The van der Waals surface area contributed by atoms with Crippen LogP contribution in [0.4, 0.5) is 5.95 Å². The minimum Gasteiger partial charge on any atom is -0.356 e. The molecule has 1 fully saturated rings. The first-order chi connectivity index (χ1) is 9.79. The number of hydrogen-bond donors (Lipinski definition) is 1. The van der Waals surface area contributed by atoms with Crippen LogP contribution in [0.3, 0.4) is 0 Å². The summed E-state index contributed by atoms with van der Waals surface area (Å²) >= 11 is 0. The SMILES string of the molecule is CCNc1nc2ccccc2n1CC(=O)N1CCCC1. The second-order valence-electron chi connectivity index (χ2n) is 5.13. The third-order valence-electron chi connectivity index (χ3n) is 3.74. The van der Waals surface area contributed by atoms with E-state index in [1.165, 1.54) is 0 Å². The summed E-state index contributed by atoms with van der Waals surface area (Å²) in [6, 6.07) is 7.95. The molecule has 0 spiro atoms. The van der Waals surface area contributed by atoms with Crippen molar-refractivity contribution in [2.24, 2.45) is 0 Å². The monoisotopic (exact) mass is 272 g/mol. The molecule has 0 unspecified atom stereocenters. The van der Waals surface area contributed by atoms with Gasteiger partial charge in [0.15, 0.2) is 0 Å². The molecule has 1 amide bonds. The molecule has 1 aliphatic rings. The van der Waals surface area contributed by atoms with Crippen molar-refractivity contribution in [2.45, 2.75) is 26.3 Å². The molecule has 1 N–H and O–H groups in total. The lowest BCUT2D eigenvalue weighted by Crippen LogP contribution is -2.31. The minimum absolute atomic E-state index is 0.185. The second-order valence-corrected chi connectivity index (χ2v) is 5.13. The zero-order valence-electron chi connectivity index (χ0n) is 11.8. The lowest BCUT2D eigenvalue weighted by Gasteiger charge is -2.17. The highest BCUT2D eigenvalue weighted by Gasteiger charge is 2.20. The van der Waals surface area contributed by atoms with Crippen LogP contribution < -0.4 is 5.32 Å². The summed E-state index contributed by atoms with van der Waals surface area (Å²) < 4.78 is 1.99. The molecular formula is C15H20N4O. The fraction of sp³-hybridized carbons (Fsp3) is 0.467. The van der Waals surface area contributed by atoms with Crippen LogP contribution >= 0.6 is 0 Å². The number of amides is 1. The molecule has 1 aliphatic heterocycles. The Balaban J connectivity index is 1.91. The normalized spacial score (nSPS) is 14.9. The number of hydrogen-bond acceptors (Lipinski definition) is 3. The predicted octanol–water partition coefficient (Wildman–Crippen LogP) is 2.09. The van der Waals surface area contributed by atoms with Crippen molar-refractivity contribution in [2.75, 3.05) is 25.0 Å². The van der Waals surface area contributed by atoms with E-state index in [1.54, 1.807) is 0 Å². The van der Waals surface area contributed by atoms with Gasteiger partial charge in [0, 0.05) is 19.6 Å². The van der Waals surface area contributed by atoms with Crippen LogP contribution in [-0.4, -0.2) is 40.0 Å². The molecule has 0 saturated carbocycles. The van der Waals surface area contributed by atoms with Gasteiger partial charge < -0.3 is 14.8 Å². The maximum absolute atomic E-state index is 12.4. The first-order valence-electron chi connectivity index (χ1n) is 7.26. The molecule has 5 nitrogen and oxygen atoms in total. The Hall–Kier alpha value is -2.04. The number of rotatable bonds is 4. The molecule has 106 valence electrons. The maximum Gasteiger partial charge on any atom is 0.242 e. The Kier molecular flexibility index (Phi) is 3.58. The molecule has 1 aromatic carbocycles. The van der Waals surface area contributed by atoms with Gasteiger partial charge in [-0.2, -0.15) is 0 Å². The van der Waals surface area contributed by atoms with E-state index in [0.29, 0.717) is 6.54 Å². The standard InChI is InChI=1S/C15H20N4O/c1-2-16-15-17-12-7-3-4-8-13(12)19(15)11-14(20)18-9-5-6-10-18/h3-4,7-8H,2,5-6,9-11H2,1H3,(H,16,17). The first-order valence-corrected chi connectivity index (χ1v) is 7.26. The minimum atomic E-state index is 0.185. The van der Waals surface area contributed by atoms with Gasteiger partial charge >= 0.3 is 0 Å². The van der Waals surface area contributed by atoms with Crippen molar-refractivity contribution in [3.05, 3.63) is 24.3 Å². The average Bonchev–Trinajstić information content (AvgIpc) is 3.08. The van der Waals surface area contributed by atoms with Crippen molar-refractivity contribution in [1.82, 2.24) is 14.5 Å². The highest BCUT2D eigenvalue weighted by molar-refractivity contribution is 5.83. The number of nitrogens with zero attached hydrogens (tertiary/aromatic N) is 3. The van der Waals surface area contributed by atoms with E-state index < -0.39 is 0 Å². The summed E-state index contributed by atoms with van der Waals surface area (Å²) in [5.41, 5.74) is 1.94. The van der Waals surface area contributed by atoms with Crippen molar-refractivity contribution in [3.8, 4) is 0 Å². The largest absolute Gasteiger partial charge is 0.356 e. The van der Waals surface area contributed by atoms with E-state index >= 15 is 0 Å². The Morgan fingerprint density at radius 2 is 2.05 bits per heavy atom. The zero-order chi connectivity index (χ0) is 13.9. The number of nitrogens with one attached hydrogen (secondary N) is 1. The summed E-state index contributed by atoms with van der Waals surface area (Å²) in [5.74, 6) is 0.964. The Bertz CT molecular complexity index is 613. The molecule has 0 atom stereocenters. The van der Waals surface area contributed by atoms with E-state index in [2.05, 4.69) is 10.3 Å². The van der Waals surface area contributed by atoms with Crippen molar-refractivity contribution < 1.29 is 4.79 Å². The van der Waals surface area contributed by atoms with Crippen molar-refractivity contribution in [1.29, 1.82) is 0 Å². The fourth-order valence-corrected chi connectivity index (χ4v) is 2.73. The molecule has 2 heterocycles. The molecule has 0 radical (unpaired) electrons. The van der Waals surface area contributed by atoms with Crippen LogP contribution in [0.2, 0.25) is 0 Å². The van der Waals surface area contributed by atoms with Crippen LogP contribution in [0.1, 0.15) is 19.8 Å². The number of carbonyl (C=O) groups excluding carboxylic acids is 1. The average molecular weight is 272 g/mol. The molecule has 5 heteroatoms. The van der Waals surface area contributed by atoms with E-state index in [4.69, 9.17) is 0 Å². The predicted molar refractivity (Wildman–Crippen MR) is 79.7 cm³/mol. The highest BCUT2D eigenvalue weighted by Crippen LogP contribution is 2.20. The van der Waals surface area contributed by atoms with E-state index in [1.807, 2.05) is 40.7 Å². The van der Waals surface area contributed by atoms with Crippen LogP contribution in [0.15, 0.2) is 24.3 Å². The van der Waals surface area contributed by atoms with Gasteiger partial charge in [0.1, 0.15) is 6.54 Å². The molecule has 1 aromatic heterocycles. The molecule has 0 bridgehead atoms. The topological polar surface area (TPSA) is 50.2 Å². The number of benzene rings is 1. The molecule has 0 aliphatic carbocycles. The number of likely N-dealkylation sites (tertiary alicyclic amines) is 1. The summed E-state index contributed by atoms with van der Waals surface area (Å²) in [4.78, 5) is 18.9. The summed E-state index contributed by atoms with van der Waals surface area (Å²) in [7, 11) is 0. The molecule has 2 aromatic rings. The number of imidazole rings is 1. The molecule has 3 rings (SSSR count). The van der Waals surface area contributed by atoms with Gasteiger partial charge in [-0.25, -0.2) is 4.98 Å². The second kappa shape index (κ2) is 5.53. The lowest BCUT2D eigenvalue weighted by atomic mass is 10.3. The Morgan fingerprint density at radius 3 is 2.80 bits per heavy atom. The quantitative estimate of drug-likeness (QED) is 0.927. The number of anilines is 1. The van der Waals surface area contributed by atoms with Crippen molar-refractivity contribution in [3.63, 3.8) is 0 Å². The highest BCUT2D eigenvalue weighted by atomic mass is 16.2. The van der Waals surface area contributed by atoms with E-state index in [9.17, 15) is 4.79 Å². The Morgan fingerprint density at radius 1 is 1.30 bits per heavy atom. The number of carbonyl (C=O) groups is 1. The number of para-hydroxylation sites is 2. The van der Waals surface area contributed by atoms with E-state index in [-0.39, 0.29) is 5.91 Å². The van der Waals surface area contributed by atoms with Gasteiger partial charge in [-0.3, -0.25) is 4.79 Å². The van der Waals surface area contributed by atoms with Crippen LogP contribution in [0.25, 0.3) is 11.0 Å². The van der Waals surface area contributed by atoms with Gasteiger partial charge in [-0.15, -0.1) is 0 Å². The van der Waals surface area contributed by atoms with Gasteiger partial charge in [-0.1, -0.05) is 12.1 Å². The summed E-state index contributed by atoms with van der Waals surface area (Å²) in [5, 5.41) is 3.24. The first kappa shape index (κ1) is 13.0. The van der Waals surface area contributed by atoms with Gasteiger partial charge in [0.05, 0.1) is 11.0 Å². The number of aromatic nitrogens is 2. The summed E-state index contributed by atoms with van der Waals surface area (Å²) in [6.45, 7) is 4.97. The zero-order valence-corrected chi connectivity index (χ0v) is 11.8. The van der Waals surface area contributed by atoms with Crippen LogP contribution in [-0.2, 0) is 11.3 Å². The van der Waals surface area contributed by atoms with Gasteiger partial charge in [-0.05, 0) is 31.9 Å². The smallest absolute Gasteiger partial charge is 0.242 e. The molecule has 20 heavy (non-hydrogen) atoms.